The summed E-state index contributed by atoms with van der Waals surface area (Å²) < 4.78 is 12.9. The summed E-state index contributed by atoms with van der Waals surface area (Å²) >= 11 is 13.6. The van der Waals surface area contributed by atoms with Gasteiger partial charge >= 0.3 is 0 Å². The van der Waals surface area contributed by atoms with Crippen molar-refractivity contribution in [2.75, 3.05) is 13.7 Å². The summed E-state index contributed by atoms with van der Waals surface area (Å²) in [5.74, 6) is 1.84. The molecule has 0 aliphatic carbocycles. The van der Waals surface area contributed by atoms with Crippen LogP contribution in [-0.4, -0.2) is 39.3 Å². The molecule has 0 atom stereocenters. The van der Waals surface area contributed by atoms with Crippen LogP contribution >= 0.6 is 35.0 Å². The molecule has 2 aromatic heterocycles. The Bertz CT molecular complexity index is 1590. The fourth-order valence-electron chi connectivity index (χ4n) is 3.86. The normalized spacial score (nSPS) is 10.9. The number of carbonyl (C=O) groups is 1. The van der Waals surface area contributed by atoms with Gasteiger partial charge in [-0.3, -0.25) is 9.36 Å². The van der Waals surface area contributed by atoms with E-state index < -0.39 is 0 Å². The Labute approximate surface area is 239 Å². The maximum Gasteiger partial charge on any atom is 0.273 e. The highest BCUT2D eigenvalue weighted by molar-refractivity contribution is 7.98. The maximum atomic E-state index is 12.6. The van der Waals surface area contributed by atoms with E-state index in [2.05, 4.69) is 20.5 Å². The highest BCUT2D eigenvalue weighted by Gasteiger charge is 2.18. The molecule has 0 aliphatic rings. The number of aromatic nitrogens is 4. The Balaban J connectivity index is 1.27. The Morgan fingerprint density at radius 2 is 1.90 bits per heavy atom. The van der Waals surface area contributed by atoms with Gasteiger partial charge in [-0.05, 0) is 48.4 Å². The summed E-state index contributed by atoms with van der Waals surface area (Å²) in [6.07, 6.45) is 1.91. The van der Waals surface area contributed by atoms with Crippen molar-refractivity contribution in [3.05, 3.63) is 106 Å². The van der Waals surface area contributed by atoms with Crippen molar-refractivity contribution >= 4 is 40.9 Å². The topological polar surface area (TPSA) is 95.1 Å². The number of hydrogen-bond donors (Lipinski definition) is 1. The Kier molecular flexibility index (Phi) is 8.51. The van der Waals surface area contributed by atoms with E-state index in [0.717, 1.165) is 22.6 Å². The number of benzene rings is 3. The van der Waals surface area contributed by atoms with Crippen molar-refractivity contribution in [3.63, 3.8) is 0 Å². The highest BCUT2D eigenvalue weighted by Crippen LogP contribution is 2.31. The number of rotatable bonds is 10. The molecule has 0 spiro atoms. The minimum Gasteiger partial charge on any atom is -0.497 e. The fourth-order valence-corrected chi connectivity index (χ4v) is 5.16. The maximum absolute atomic E-state index is 12.6. The number of ether oxygens (including phenoxy) is 1. The van der Waals surface area contributed by atoms with Crippen LogP contribution in [0, 0.1) is 0 Å². The average molecular weight is 580 g/mol. The molecule has 8 nitrogen and oxygen atoms in total. The number of nitrogens with one attached hydrogen (secondary N) is 1. The van der Waals surface area contributed by atoms with E-state index in [9.17, 15) is 4.79 Å². The van der Waals surface area contributed by atoms with E-state index >= 15 is 0 Å². The highest BCUT2D eigenvalue weighted by atomic mass is 35.5. The van der Waals surface area contributed by atoms with Gasteiger partial charge in [0.05, 0.1) is 12.9 Å². The van der Waals surface area contributed by atoms with E-state index in [1.54, 1.807) is 19.2 Å². The molecule has 11 heteroatoms. The lowest BCUT2D eigenvalue weighted by atomic mass is 10.1. The number of methoxy groups -OCH3 is 1. The van der Waals surface area contributed by atoms with Crippen LogP contribution in [0.5, 0.6) is 5.75 Å². The monoisotopic (exact) mass is 579 g/mol. The summed E-state index contributed by atoms with van der Waals surface area (Å²) in [5, 5.41) is 13.5. The van der Waals surface area contributed by atoms with Crippen molar-refractivity contribution in [3.8, 4) is 22.8 Å². The van der Waals surface area contributed by atoms with Crippen LogP contribution in [0.25, 0.3) is 17.1 Å². The molecule has 0 saturated heterocycles. The lowest BCUT2D eigenvalue weighted by Crippen LogP contribution is -2.26. The van der Waals surface area contributed by atoms with Gasteiger partial charge in [-0.25, -0.2) is 4.98 Å². The van der Waals surface area contributed by atoms with E-state index in [-0.39, 0.29) is 11.6 Å². The molecule has 2 heterocycles. The average Bonchev–Trinajstić information content (AvgIpc) is 3.61. The first kappa shape index (κ1) is 26.8. The summed E-state index contributed by atoms with van der Waals surface area (Å²) in [6.45, 7) is 0.393. The Morgan fingerprint density at radius 1 is 1.05 bits per heavy atom. The van der Waals surface area contributed by atoms with Gasteiger partial charge in [0.25, 0.3) is 5.91 Å². The number of para-hydroxylation sites is 1. The third kappa shape index (κ3) is 6.44. The molecule has 1 N–H and O–H groups in total. The van der Waals surface area contributed by atoms with E-state index in [0.29, 0.717) is 45.6 Å². The molecule has 0 unspecified atom stereocenters. The van der Waals surface area contributed by atoms with Crippen LogP contribution in [0.4, 0.5) is 0 Å². The molecule has 0 aliphatic heterocycles. The van der Waals surface area contributed by atoms with Crippen molar-refractivity contribution in [2.24, 2.45) is 0 Å². The number of hydrogen-bond acceptors (Lipinski definition) is 7. The molecule has 0 bridgehead atoms. The molecule has 5 rings (SSSR count). The number of thioether (sulfide) groups is 1. The Hall–Kier alpha value is -3.79. The van der Waals surface area contributed by atoms with Gasteiger partial charge in [0.1, 0.15) is 12.0 Å². The molecule has 5 aromatic rings. The van der Waals surface area contributed by atoms with Crippen molar-refractivity contribution in [2.45, 2.75) is 17.3 Å². The van der Waals surface area contributed by atoms with Crippen LogP contribution in [0.15, 0.2) is 88.6 Å². The number of amides is 1. The molecule has 0 saturated carbocycles. The smallest absolute Gasteiger partial charge is 0.273 e. The summed E-state index contributed by atoms with van der Waals surface area (Å²) in [7, 11) is 1.63. The summed E-state index contributed by atoms with van der Waals surface area (Å²) in [4.78, 5) is 16.9. The molecule has 39 heavy (non-hydrogen) atoms. The zero-order chi connectivity index (χ0) is 27.2. The number of oxazole rings is 1. The third-order valence-corrected chi connectivity index (χ3v) is 7.28. The first-order chi connectivity index (χ1) is 19.0. The van der Waals surface area contributed by atoms with Gasteiger partial charge in [0, 0.05) is 27.8 Å². The van der Waals surface area contributed by atoms with Crippen molar-refractivity contribution in [1.82, 2.24) is 25.1 Å². The Morgan fingerprint density at radius 3 is 2.69 bits per heavy atom. The van der Waals surface area contributed by atoms with Crippen molar-refractivity contribution in [1.29, 1.82) is 0 Å². The quantitative estimate of drug-likeness (QED) is 0.188. The van der Waals surface area contributed by atoms with E-state index in [1.165, 1.54) is 18.0 Å². The van der Waals surface area contributed by atoms with Crippen LogP contribution in [0.1, 0.15) is 21.9 Å². The first-order valence-electron chi connectivity index (χ1n) is 12.0. The molecule has 0 radical (unpaired) electrons. The molecule has 198 valence electrons. The second-order valence-electron chi connectivity index (χ2n) is 8.37. The number of carbonyl (C=O) groups excluding carboxylic acids is 1. The fraction of sp³-hybridized carbons (Fsp3) is 0.143. The minimum absolute atomic E-state index is 0.203. The SMILES string of the molecule is COc1cccc(-c2nnc(SCc3nc(C(=O)NCCc4ccc(Cl)cc4Cl)co3)n2-c2ccccc2)c1. The van der Waals surface area contributed by atoms with Crippen LogP contribution in [-0.2, 0) is 12.2 Å². The van der Waals surface area contributed by atoms with Gasteiger partial charge in [-0.1, -0.05) is 71.4 Å². The van der Waals surface area contributed by atoms with Gasteiger partial charge < -0.3 is 14.5 Å². The zero-order valence-electron chi connectivity index (χ0n) is 20.8. The predicted octanol–water partition coefficient (Wildman–Crippen LogP) is 6.50. The molecule has 1 amide bonds. The van der Waals surface area contributed by atoms with Crippen LogP contribution < -0.4 is 10.1 Å². The summed E-state index contributed by atoms with van der Waals surface area (Å²) in [5.41, 5.74) is 2.88. The van der Waals surface area contributed by atoms with E-state index in [1.807, 2.05) is 65.2 Å². The predicted molar refractivity (Wildman–Crippen MR) is 152 cm³/mol. The number of halogens is 2. The molecular formula is C28H23Cl2N5O3S. The third-order valence-electron chi connectivity index (χ3n) is 5.78. The lowest BCUT2D eigenvalue weighted by molar-refractivity contribution is 0.0949. The van der Waals surface area contributed by atoms with Gasteiger partial charge in [-0.15, -0.1) is 10.2 Å². The standard InChI is InChI=1S/C28H23Cl2N5O3S/c1-37-22-9-5-6-19(14-22)26-33-34-28(35(26)21-7-3-2-4-8-21)39-17-25-32-24(16-38-25)27(36)31-13-12-18-10-11-20(29)15-23(18)30/h2-11,14-16H,12-13,17H2,1H3,(H,31,36). The lowest BCUT2D eigenvalue weighted by Gasteiger charge is -2.10. The second-order valence-corrected chi connectivity index (χ2v) is 10.2. The minimum atomic E-state index is -0.326. The zero-order valence-corrected chi connectivity index (χ0v) is 23.1. The summed E-state index contributed by atoms with van der Waals surface area (Å²) in [6, 6.07) is 22.8. The number of nitrogens with zero attached hydrogens (tertiary/aromatic N) is 4. The van der Waals surface area contributed by atoms with Gasteiger partial charge in [-0.2, -0.15) is 0 Å². The van der Waals surface area contributed by atoms with Gasteiger partial charge in [0.2, 0.25) is 5.89 Å². The first-order valence-corrected chi connectivity index (χ1v) is 13.7. The van der Waals surface area contributed by atoms with E-state index in [4.69, 9.17) is 32.4 Å². The second kappa shape index (κ2) is 12.4. The van der Waals surface area contributed by atoms with Crippen LogP contribution in [0.3, 0.4) is 0 Å². The largest absolute Gasteiger partial charge is 0.497 e. The molecule has 0 fully saturated rings. The van der Waals surface area contributed by atoms with Crippen LogP contribution in [0.2, 0.25) is 10.0 Å². The van der Waals surface area contributed by atoms with Gasteiger partial charge in [0.15, 0.2) is 16.7 Å². The van der Waals surface area contributed by atoms with Crippen molar-refractivity contribution < 1.29 is 13.9 Å². The molecular weight excluding hydrogens is 557 g/mol. The molecule has 3 aromatic carbocycles.